The minimum Gasteiger partial charge on any atom is -0.388 e. The first-order valence-electron chi connectivity index (χ1n) is 6.32. The third-order valence-corrected chi connectivity index (χ3v) is 3.22. The third-order valence-electron chi connectivity index (χ3n) is 3.22. The van der Waals surface area contributed by atoms with E-state index < -0.39 is 6.10 Å². The number of aryl methyl sites for hydroxylation is 1. The number of hydrogen-bond acceptors (Lipinski definition) is 2. The van der Waals surface area contributed by atoms with Crippen LogP contribution >= 0.6 is 0 Å². The number of aliphatic hydroxyl groups excluding tert-OH is 1. The molecule has 94 valence electrons. The number of nitrogens with zero attached hydrogens (tertiary/aromatic N) is 1. The van der Waals surface area contributed by atoms with Crippen LogP contribution in [0.1, 0.15) is 37.1 Å². The van der Waals surface area contributed by atoms with Gasteiger partial charge in [0.2, 0.25) is 0 Å². The molecule has 0 bridgehead atoms. The number of hydrogen-bond donors (Lipinski definition) is 1. The van der Waals surface area contributed by atoms with Crippen LogP contribution in [0.5, 0.6) is 0 Å². The van der Waals surface area contributed by atoms with Crippen molar-refractivity contribution in [2.45, 2.75) is 32.8 Å². The molecule has 0 aliphatic heterocycles. The van der Waals surface area contributed by atoms with Gasteiger partial charge < -0.3 is 5.11 Å². The lowest BCUT2D eigenvalue weighted by Gasteiger charge is -2.15. The van der Waals surface area contributed by atoms with E-state index in [-0.39, 0.29) is 0 Å². The topological polar surface area (TPSA) is 33.1 Å². The quantitative estimate of drug-likeness (QED) is 0.823. The largest absolute Gasteiger partial charge is 0.388 e. The van der Waals surface area contributed by atoms with E-state index in [4.69, 9.17) is 0 Å². The molecule has 1 aromatic heterocycles. The Morgan fingerprint density at radius 1 is 1.39 bits per heavy atom. The van der Waals surface area contributed by atoms with E-state index in [9.17, 15) is 5.11 Å². The number of rotatable bonds is 4. The lowest BCUT2D eigenvalue weighted by Crippen LogP contribution is -2.01. The number of pyridine rings is 1. The van der Waals surface area contributed by atoms with Crippen molar-refractivity contribution in [3.05, 3.63) is 53.7 Å². The maximum atomic E-state index is 10.4. The van der Waals surface area contributed by atoms with Gasteiger partial charge in [-0.25, -0.2) is 0 Å². The zero-order chi connectivity index (χ0) is 13.1. The number of aliphatic hydroxyl groups is 1. The molecule has 0 spiro atoms. The minimum atomic E-state index is -0.496. The zero-order valence-corrected chi connectivity index (χ0v) is 11.0. The molecule has 1 aromatic carbocycles. The van der Waals surface area contributed by atoms with Crippen LogP contribution in [0.2, 0.25) is 0 Å². The van der Waals surface area contributed by atoms with E-state index in [1.54, 1.807) is 0 Å². The molecule has 0 fully saturated rings. The number of para-hydroxylation sites is 1. The van der Waals surface area contributed by atoms with Crippen molar-refractivity contribution in [2.75, 3.05) is 0 Å². The van der Waals surface area contributed by atoms with E-state index in [0.29, 0.717) is 6.42 Å². The molecule has 0 amide bonds. The highest BCUT2D eigenvalue weighted by molar-refractivity contribution is 5.82. The van der Waals surface area contributed by atoms with E-state index >= 15 is 0 Å². The van der Waals surface area contributed by atoms with Crippen molar-refractivity contribution in [1.29, 1.82) is 0 Å². The predicted octanol–water partition coefficient (Wildman–Crippen LogP) is 3.93. The van der Waals surface area contributed by atoms with E-state index in [0.717, 1.165) is 34.2 Å². The molecule has 1 heterocycles. The molecule has 18 heavy (non-hydrogen) atoms. The Kier molecular flexibility index (Phi) is 3.78. The molecular formula is C16H19NO. The van der Waals surface area contributed by atoms with Gasteiger partial charge in [0.1, 0.15) is 0 Å². The standard InChI is InChI=1S/C16H19NO/c1-4-11(2)9-16(18)14-10-12(3)17-15-8-6-5-7-13(14)15/h5-8,10,16,18H,2,4,9H2,1,3H3. The number of fused-ring (bicyclic) bond motifs is 1. The van der Waals surface area contributed by atoms with Crippen LogP contribution < -0.4 is 0 Å². The summed E-state index contributed by atoms with van der Waals surface area (Å²) in [6.07, 6.45) is 1.02. The lowest BCUT2D eigenvalue weighted by atomic mass is 9.97. The Hall–Kier alpha value is -1.67. The van der Waals surface area contributed by atoms with E-state index in [1.165, 1.54) is 0 Å². The zero-order valence-electron chi connectivity index (χ0n) is 11.0. The third kappa shape index (κ3) is 2.59. The first kappa shape index (κ1) is 12.8. The van der Waals surface area contributed by atoms with Gasteiger partial charge in [-0.3, -0.25) is 4.98 Å². The molecule has 1 unspecified atom stereocenters. The highest BCUT2D eigenvalue weighted by atomic mass is 16.3. The fourth-order valence-corrected chi connectivity index (χ4v) is 2.14. The minimum absolute atomic E-state index is 0.496. The Morgan fingerprint density at radius 2 is 2.11 bits per heavy atom. The number of benzene rings is 1. The Morgan fingerprint density at radius 3 is 2.83 bits per heavy atom. The Bertz CT molecular complexity index is 574. The second-order valence-corrected chi connectivity index (χ2v) is 4.69. The molecule has 0 saturated heterocycles. The first-order chi connectivity index (χ1) is 8.61. The van der Waals surface area contributed by atoms with Gasteiger partial charge in [-0.05, 0) is 37.5 Å². The normalized spacial score (nSPS) is 12.6. The van der Waals surface area contributed by atoms with Crippen LogP contribution in [0.4, 0.5) is 0 Å². The monoisotopic (exact) mass is 241 g/mol. The summed E-state index contributed by atoms with van der Waals surface area (Å²) in [5.41, 5.74) is 3.90. The maximum absolute atomic E-state index is 10.4. The lowest BCUT2D eigenvalue weighted by molar-refractivity contribution is 0.179. The summed E-state index contributed by atoms with van der Waals surface area (Å²) >= 11 is 0. The van der Waals surface area contributed by atoms with Gasteiger partial charge in [0.05, 0.1) is 11.6 Å². The van der Waals surface area contributed by atoms with Crippen molar-refractivity contribution in [3.63, 3.8) is 0 Å². The average molecular weight is 241 g/mol. The second-order valence-electron chi connectivity index (χ2n) is 4.69. The molecule has 0 aliphatic carbocycles. The van der Waals surface area contributed by atoms with Crippen LogP contribution in [0.3, 0.4) is 0 Å². The van der Waals surface area contributed by atoms with Crippen LogP contribution in [-0.2, 0) is 0 Å². The summed E-state index contributed by atoms with van der Waals surface area (Å²) in [4.78, 5) is 4.48. The van der Waals surface area contributed by atoms with Crippen molar-refractivity contribution < 1.29 is 5.11 Å². The summed E-state index contributed by atoms with van der Waals surface area (Å²) in [5.74, 6) is 0. The predicted molar refractivity (Wildman–Crippen MR) is 75.5 cm³/mol. The summed E-state index contributed by atoms with van der Waals surface area (Å²) in [5, 5.41) is 11.4. The van der Waals surface area contributed by atoms with Gasteiger partial charge in [-0.2, -0.15) is 0 Å². The van der Waals surface area contributed by atoms with Gasteiger partial charge in [-0.15, -0.1) is 0 Å². The molecule has 0 aliphatic rings. The molecule has 0 radical (unpaired) electrons. The van der Waals surface area contributed by atoms with Gasteiger partial charge >= 0.3 is 0 Å². The fourth-order valence-electron chi connectivity index (χ4n) is 2.14. The Balaban J connectivity index is 2.46. The summed E-state index contributed by atoms with van der Waals surface area (Å²) in [6, 6.07) is 9.90. The average Bonchev–Trinajstić information content (AvgIpc) is 2.37. The van der Waals surface area contributed by atoms with Crippen LogP contribution in [0, 0.1) is 6.92 Å². The van der Waals surface area contributed by atoms with Gasteiger partial charge in [0, 0.05) is 11.1 Å². The molecule has 1 N–H and O–H groups in total. The summed E-state index contributed by atoms with van der Waals surface area (Å²) in [7, 11) is 0. The highest BCUT2D eigenvalue weighted by Crippen LogP contribution is 2.28. The highest BCUT2D eigenvalue weighted by Gasteiger charge is 2.13. The van der Waals surface area contributed by atoms with E-state index in [1.807, 2.05) is 37.3 Å². The second kappa shape index (κ2) is 5.32. The van der Waals surface area contributed by atoms with Crippen molar-refractivity contribution in [3.8, 4) is 0 Å². The fraction of sp³-hybridized carbons (Fsp3) is 0.312. The van der Waals surface area contributed by atoms with Gasteiger partial charge in [0.25, 0.3) is 0 Å². The van der Waals surface area contributed by atoms with Crippen LogP contribution in [0.15, 0.2) is 42.5 Å². The van der Waals surface area contributed by atoms with Crippen LogP contribution in [0.25, 0.3) is 10.9 Å². The first-order valence-corrected chi connectivity index (χ1v) is 6.32. The van der Waals surface area contributed by atoms with Crippen molar-refractivity contribution in [1.82, 2.24) is 4.98 Å². The van der Waals surface area contributed by atoms with Gasteiger partial charge in [0.15, 0.2) is 0 Å². The van der Waals surface area contributed by atoms with E-state index in [2.05, 4.69) is 18.5 Å². The van der Waals surface area contributed by atoms with Crippen molar-refractivity contribution in [2.24, 2.45) is 0 Å². The smallest absolute Gasteiger partial charge is 0.0834 e. The SMILES string of the molecule is C=C(CC)CC(O)c1cc(C)nc2ccccc12. The molecule has 2 aromatic rings. The van der Waals surface area contributed by atoms with Gasteiger partial charge in [-0.1, -0.05) is 37.3 Å². The van der Waals surface area contributed by atoms with Crippen molar-refractivity contribution >= 4 is 10.9 Å². The molecule has 0 saturated carbocycles. The molecule has 1 atom stereocenters. The molecule has 2 heteroatoms. The molecular weight excluding hydrogens is 222 g/mol. The molecule has 2 rings (SSSR count). The molecule has 2 nitrogen and oxygen atoms in total. The van der Waals surface area contributed by atoms with Crippen LogP contribution in [-0.4, -0.2) is 10.1 Å². The Labute approximate surface area is 108 Å². The maximum Gasteiger partial charge on any atom is 0.0834 e. The summed E-state index contributed by atoms with van der Waals surface area (Å²) in [6.45, 7) is 7.98. The number of aromatic nitrogens is 1. The summed E-state index contributed by atoms with van der Waals surface area (Å²) < 4.78 is 0.